The Morgan fingerprint density at radius 2 is 1.87 bits per heavy atom. The Morgan fingerprint density at radius 1 is 1.22 bits per heavy atom. The van der Waals surface area contributed by atoms with Crippen molar-refractivity contribution in [1.29, 1.82) is 0 Å². The van der Waals surface area contributed by atoms with Crippen LogP contribution in [0, 0.1) is 20.9 Å². The average molecular weight is 317 g/mol. The molecule has 6 heteroatoms. The van der Waals surface area contributed by atoms with Crippen molar-refractivity contribution < 1.29 is 19.2 Å². The minimum atomic E-state index is -1.01. The number of nitrogens with zero attached hydrogens (tertiary/aromatic N) is 1. The van der Waals surface area contributed by atoms with Crippen LogP contribution in [0.2, 0.25) is 0 Å². The predicted molar refractivity (Wildman–Crippen MR) is 81.6 cm³/mol. The maximum Gasteiger partial charge on any atom is 0.320 e. The molecule has 6 nitrogen and oxygen atoms in total. The zero-order chi connectivity index (χ0) is 16.8. The Balaban J connectivity index is 2.02. The van der Waals surface area contributed by atoms with E-state index >= 15 is 0 Å². The van der Waals surface area contributed by atoms with Crippen LogP contribution < -0.4 is 0 Å². The van der Waals surface area contributed by atoms with Gasteiger partial charge in [-0.1, -0.05) is 25.0 Å². The van der Waals surface area contributed by atoms with E-state index in [1.165, 1.54) is 12.1 Å². The first-order chi connectivity index (χ1) is 10.8. The second-order valence-corrected chi connectivity index (χ2v) is 6.98. The van der Waals surface area contributed by atoms with Crippen molar-refractivity contribution >= 4 is 17.4 Å². The van der Waals surface area contributed by atoms with Crippen LogP contribution in [0.1, 0.15) is 51.2 Å². The molecule has 0 radical (unpaired) electrons. The smallest absolute Gasteiger partial charge is 0.320 e. The van der Waals surface area contributed by atoms with Gasteiger partial charge < -0.3 is 4.74 Å². The monoisotopic (exact) mass is 317 g/mol. The zero-order valence-corrected chi connectivity index (χ0v) is 13.2. The highest BCUT2D eigenvalue weighted by molar-refractivity contribution is 6.08. The van der Waals surface area contributed by atoms with Gasteiger partial charge in [0.1, 0.15) is 11.5 Å². The van der Waals surface area contributed by atoms with Crippen LogP contribution in [0.25, 0.3) is 0 Å². The van der Waals surface area contributed by atoms with E-state index in [4.69, 9.17) is 4.74 Å². The zero-order valence-electron chi connectivity index (χ0n) is 13.2. The highest BCUT2D eigenvalue weighted by Crippen LogP contribution is 2.54. The first kappa shape index (κ1) is 15.6. The number of nitro benzene ring substituents is 1. The molecule has 1 saturated carbocycles. The van der Waals surface area contributed by atoms with Gasteiger partial charge in [-0.25, -0.2) is 0 Å². The molecule has 2 aliphatic rings. The van der Waals surface area contributed by atoms with Crippen molar-refractivity contribution in [3.05, 3.63) is 39.9 Å². The number of hydrogen-bond donors (Lipinski definition) is 0. The van der Waals surface area contributed by atoms with E-state index < -0.39 is 27.8 Å². The number of benzene rings is 1. The number of nitro groups is 1. The summed E-state index contributed by atoms with van der Waals surface area (Å²) in [6.45, 7) is 3.51. The lowest BCUT2D eigenvalue weighted by Crippen LogP contribution is -2.53. The maximum absolute atomic E-state index is 13.0. The second kappa shape index (κ2) is 5.15. The summed E-state index contributed by atoms with van der Waals surface area (Å²) >= 11 is 0. The lowest BCUT2D eigenvalue weighted by Gasteiger charge is -2.44. The summed E-state index contributed by atoms with van der Waals surface area (Å²) in [5.74, 6) is -0.578. The lowest BCUT2D eigenvalue weighted by molar-refractivity contribution is -0.385. The van der Waals surface area contributed by atoms with E-state index in [0.717, 1.165) is 12.8 Å². The van der Waals surface area contributed by atoms with Gasteiger partial charge >= 0.3 is 5.97 Å². The number of hydrogen-bond acceptors (Lipinski definition) is 5. The van der Waals surface area contributed by atoms with E-state index in [1.54, 1.807) is 26.0 Å². The van der Waals surface area contributed by atoms with E-state index in [-0.39, 0.29) is 11.5 Å². The van der Waals surface area contributed by atoms with Gasteiger partial charge in [-0.2, -0.15) is 0 Å². The summed E-state index contributed by atoms with van der Waals surface area (Å²) in [6, 6.07) is 5.95. The quantitative estimate of drug-likeness (QED) is 0.361. The molecule has 1 heterocycles. The molecule has 1 spiro atoms. The van der Waals surface area contributed by atoms with Crippen molar-refractivity contribution in [3.63, 3.8) is 0 Å². The van der Waals surface area contributed by atoms with Gasteiger partial charge in [-0.05, 0) is 26.7 Å². The summed E-state index contributed by atoms with van der Waals surface area (Å²) in [5.41, 5.74) is -1.52. The molecule has 23 heavy (non-hydrogen) atoms. The fourth-order valence-electron chi connectivity index (χ4n) is 3.89. The SMILES string of the molecule is CC1(C)C(=O)C2(CCCC2)C(=O)OC1c1cccc([N+](=O)[O-])c1. The van der Waals surface area contributed by atoms with Crippen LogP contribution in [0.5, 0.6) is 0 Å². The van der Waals surface area contributed by atoms with E-state index in [1.807, 2.05) is 0 Å². The molecule has 1 saturated heterocycles. The van der Waals surface area contributed by atoms with Gasteiger partial charge in [-0.3, -0.25) is 19.7 Å². The number of ether oxygens (including phenoxy) is 1. The molecule has 1 aliphatic heterocycles. The van der Waals surface area contributed by atoms with Crippen LogP contribution in [-0.2, 0) is 14.3 Å². The predicted octanol–water partition coefficient (Wildman–Crippen LogP) is 3.35. The van der Waals surface area contributed by atoms with E-state index in [0.29, 0.717) is 18.4 Å². The molecule has 0 bridgehead atoms. The molecule has 1 unspecified atom stereocenters. The van der Waals surface area contributed by atoms with Gasteiger partial charge in [0.2, 0.25) is 0 Å². The molecule has 3 rings (SSSR count). The summed E-state index contributed by atoms with van der Waals surface area (Å²) in [4.78, 5) is 36.1. The van der Waals surface area contributed by atoms with Crippen LogP contribution in [-0.4, -0.2) is 16.7 Å². The Labute approximate surface area is 134 Å². The Morgan fingerprint density at radius 3 is 2.48 bits per heavy atom. The Bertz CT molecular complexity index is 688. The first-order valence-corrected chi connectivity index (χ1v) is 7.79. The number of carbonyl (C=O) groups is 2. The van der Waals surface area contributed by atoms with Crippen molar-refractivity contribution in [1.82, 2.24) is 0 Å². The fraction of sp³-hybridized carbons (Fsp3) is 0.529. The van der Waals surface area contributed by atoms with E-state index in [2.05, 4.69) is 0 Å². The van der Waals surface area contributed by atoms with Gasteiger partial charge in [0, 0.05) is 17.7 Å². The third-order valence-corrected chi connectivity index (χ3v) is 5.13. The highest BCUT2D eigenvalue weighted by Gasteiger charge is 2.61. The minimum absolute atomic E-state index is 0.0806. The summed E-state index contributed by atoms with van der Waals surface area (Å²) in [6.07, 6.45) is 1.97. The van der Waals surface area contributed by atoms with Gasteiger partial charge in [0.15, 0.2) is 5.78 Å². The summed E-state index contributed by atoms with van der Waals surface area (Å²) in [5, 5.41) is 11.0. The molecule has 1 aromatic rings. The number of ketones is 1. The molecule has 1 atom stereocenters. The number of rotatable bonds is 2. The fourth-order valence-corrected chi connectivity index (χ4v) is 3.89. The van der Waals surface area contributed by atoms with Gasteiger partial charge in [0.25, 0.3) is 5.69 Å². The molecule has 0 aromatic heterocycles. The minimum Gasteiger partial charge on any atom is -0.456 e. The van der Waals surface area contributed by atoms with Crippen molar-refractivity contribution in [2.24, 2.45) is 10.8 Å². The number of carbonyl (C=O) groups excluding carboxylic acids is 2. The maximum atomic E-state index is 13.0. The number of Topliss-reactive ketones (excluding diaryl/α,β-unsaturated/α-hetero) is 1. The third kappa shape index (κ3) is 2.24. The van der Waals surface area contributed by atoms with Crippen LogP contribution >= 0.6 is 0 Å². The van der Waals surface area contributed by atoms with Crippen molar-refractivity contribution in [2.45, 2.75) is 45.6 Å². The van der Waals surface area contributed by atoms with Crippen LogP contribution in [0.15, 0.2) is 24.3 Å². The standard InChI is InChI=1S/C17H19NO5/c1-16(2)13(11-6-5-7-12(10-11)18(21)22)23-15(20)17(14(16)19)8-3-4-9-17/h5-7,10,13H,3-4,8-9H2,1-2H3. The van der Waals surface area contributed by atoms with E-state index in [9.17, 15) is 19.7 Å². The second-order valence-electron chi connectivity index (χ2n) is 6.98. The lowest BCUT2D eigenvalue weighted by atomic mass is 9.64. The molecule has 0 N–H and O–H groups in total. The number of non-ortho nitro benzene ring substituents is 1. The molecule has 122 valence electrons. The molecule has 1 aromatic carbocycles. The Hall–Kier alpha value is -2.24. The van der Waals surface area contributed by atoms with Crippen LogP contribution in [0.3, 0.4) is 0 Å². The summed E-state index contributed by atoms with van der Waals surface area (Å²) < 4.78 is 5.65. The molecule has 0 amide bonds. The number of esters is 1. The largest absolute Gasteiger partial charge is 0.456 e. The van der Waals surface area contributed by atoms with Gasteiger partial charge in [-0.15, -0.1) is 0 Å². The Kier molecular flexibility index (Phi) is 3.50. The highest BCUT2D eigenvalue weighted by atomic mass is 16.6. The van der Waals surface area contributed by atoms with Crippen molar-refractivity contribution in [2.75, 3.05) is 0 Å². The van der Waals surface area contributed by atoms with Crippen LogP contribution in [0.4, 0.5) is 5.69 Å². The molecular formula is C17H19NO5. The normalized spacial score (nSPS) is 25.4. The topological polar surface area (TPSA) is 86.5 Å². The molecule has 1 aliphatic carbocycles. The van der Waals surface area contributed by atoms with Gasteiger partial charge in [0.05, 0.1) is 10.3 Å². The average Bonchev–Trinajstić information content (AvgIpc) is 3.00. The first-order valence-electron chi connectivity index (χ1n) is 7.79. The van der Waals surface area contributed by atoms with Crippen molar-refractivity contribution in [3.8, 4) is 0 Å². The summed E-state index contributed by atoms with van der Waals surface area (Å²) in [7, 11) is 0. The third-order valence-electron chi connectivity index (χ3n) is 5.13. The number of cyclic esters (lactones) is 1. The molecule has 2 fully saturated rings. The molecular weight excluding hydrogens is 298 g/mol.